The number of nitrogens with one attached hydrogen (secondary N) is 1. The third-order valence-electron chi connectivity index (χ3n) is 3.52. The van der Waals surface area contributed by atoms with Crippen LogP contribution in [0.4, 0.5) is 0 Å². The largest absolute Gasteiger partial charge is 0.283 e. The number of carbonyl (C=O) groups excluding carboxylic acids is 1. The minimum atomic E-state index is -0.516. The molecule has 1 N–H and O–H groups in total. The van der Waals surface area contributed by atoms with Crippen LogP contribution in [0.3, 0.4) is 0 Å². The fraction of sp³-hybridized carbons (Fsp3) is 0.250. The van der Waals surface area contributed by atoms with Gasteiger partial charge >= 0.3 is 0 Å². The molecule has 130 valence electrons. The molecular weight excluding hydrogens is 410 g/mol. The number of benzene rings is 1. The predicted octanol–water partition coefficient (Wildman–Crippen LogP) is 3.15. The zero-order valence-corrected chi connectivity index (χ0v) is 16.1. The van der Waals surface area contributed by atoms with Crippen LogP contribution in [-0.2, 0) is 5.54 Å². The Balaban J connectivity index is 2.00. The van der Waals surface area contributed by atoms with Gasteiger partial charge in [0.1, 0.15) is 11.7 Å². The second-order valence-electron chi connectivity index (χ2n) is 6.45. The number of fused-ring (bicyclic) bond motifs is 1. The number of hydrogen-bond donors (Lipinski definition) is 1. The maximum absolute atomic E-state index is 12.6. The Bertz CT molecular complexity index is 1040. The van der Waals surface area contributed by atoms with Crippen molar-refractivity contribution in [1.82, 2.24) is 19.4 Å². The first-order valence-corrected chi connectivity index (χ1v) is 8.58. The van der Waals surface area contributed by atoms with Crippen LogP contribution < -0.4 is 11.0 Å². The summed E-state index contributed by atoms with van der Waals surface area (Å²) < 4.78 is 3.40. The van der Waals surface area contributed by atoms with Gasteiger partial charge in [0, 0.05) is 4.47 Å². The molecule has 0 spiro atoms. The molecule has 0 aliphatic carbocycles. The van der Waals surface area contributed by atoms with E-state index in [0.29, 0.717) is 15.5 Å². The first kappa shape index (κ1) is 17.6. The highest BCUT2D eigenvalue weighted by molar-refractivity contribution is 9.10. The second kappa shape index (κ2) is 6.27. The van der Waals surface area contributed by atoms with E-state index in [1.54, 1.807) is 22.9 Å². The Morgan fingerprint density at radius 2 is 2.04 bits per heavy atom. The molecule has 0 saturated heterocycles. The summed E-state index contributed by atoms with van der Waals surface area (Å²) in [7, 11) is 0. The van der Waals surface area contributed by atoms with E-state index >= 15 is 0 Å². The number of hydrogen-bond acceptors (Lipinski definition) is 4. The first-order valence-electron chi connectivity index (χ1n) is 7.41. The molecule has 0 bridgehead atoms. The zero-order chi connectivity index (χ0) is 18.4. The summed E-state index contributed by atoms with van der Waals surface area (Å²) in [6.45, 7) is 5.89. The quantitative estimate of drug-likeness (QED) is 0.685. The van der Waals surface area contributed by atoms with Crippen molar-refractivity contribution in [2.24, 2.45) is 0 Å². The molecule has 0 aliphatic heterocycles. The Labute approximate surface area is 156 Å². The number of amides is 1. The molecule has 9 heteroatoms. The summed E-state index contributed by atoms with van der Waals surface area (Å²) in [5, 5.41) is 4.83. The van der Waals surface area contributed by atoms with Gasteiger partial charge in [0.2, 0.25) is 0 Å². The van der Waals surface area contributed by atoms with Gasteiger partial charge in [-0.3, -0.25) is 15.0 Å². The van der Waals surface area contributed by atoms with Crippen molar-refractivity contribution in [3.63, 3.8) is 0 Å². The van der Waals surface area contributed by atoms with Gasteiger partial charge in [0.25, 0.3) is 11.5 Å². The van der Waals surface area contributed by atoms with E-state index in [-0.39, 0.29) is 16.1 Å². The maximum Gasteiger partial charge on any atom is 0.283 e. The third-order valence-corrected chi connectivity index (χ3v) is 4.34. The van der Waals surface area contributed by atoms with Gasteiger partial charge in [0.05, 0.1) is 22.3 Å². The molecule has 0 fully saturated rings. The van der Waals surface area contributed by atoms with E-state index in [1.165, 1.54) is 12.5 Å². The lowest BCUT2D eigenvalue weighted by Gasteiger charge is -2.19. The lowest BCUT2D eigenvalue weighted by molar-refractivity contribution is 0.101. The molecular formula is C16H15BrClN5O2. The Morgan fingerprint density at radius 1 is 1.32 bits per heavy atom. The van der Waals surface area contributed by atoms with Crippen molar-refractivity contribution < 1.29 is 4.79 Å². The highest BCUT2D eigenvalue weighted by Crippen LogP contribution is 2.21. The van der Waals surface area contributed by atoms with Crippen LogP contribution in [0.2, 0.25) is 5.02 Å². The molecule has 2 heterocycles. The van der Waals surface area contributed by atoms with Crippen molar-refractivity contribution >= 4 is 44.5 Å². The van der Waals surface area contributed by atoms with Gasteiger partial charge in [-0.05, 0) is 39.0 Å². The van der Waals surface area contributed by atoms with Gasteiger partial charge in [-0.25, -0.2) is 14.3 Å². The van der Waals surface area contributed by atoms with Crippen molar-refractivity contribution in [1.29, 1.82) is 0 Å². The molecule has 0 radical (unpaired) electrons. The topological polar surface area (TPSA) is 81.8 Å². The van der Waals surface area contributed by atoms with Crippen molar-refractivity contribution in [2.45, 2.75) is 26.3 Å². The number of rotatable bonds is 2. The molecule has 0 saturated carbocycles. The summed E-state index contributed by atoms with van der Waals surface area (Å²) in [5.41, 5.74) is 2.46. The van der Waals surface area contributed by atoms with E-state index in [4.69, 9.17) is 11.6 Å². The minimum Gasteiger partial charge on any atom is -0.267 e. The van der Waals surface area contributed by atoms with Crippen LogP contribution in [0, 0.1) is 0 Å². The fourth-order valence-corrected chi connectivity index (χ4v) is 2.89. The molecule has 25 heavy (non-hydrogen) atoms. The van der Waals surface area contributed by atoms with E-state index in [9.17, 15) is 9.59 Å². The smallest absolute Gasteiger partial charge is 0.267 e. The van der Waals surface area contributed by atoms with Gasteiger partial charge in [-0.2, -0.15) is 5.10 Å². The fourth-order valence-electron chi connectivity index (χ4n) is 2.32. The number of nitrogens with zero attached hydrogens (tertiary/aromatic N) is 4. The lowest BCUT2D eigenvalue weighted by Crippen LogP contribution is -2.33. The van der Waals surface area contributed by atoms with Crippen LogP contribution in [-0.4, -0.2) is 25.3 Å². The van der Waals surface area contributed by atoms with E-state index in [1.807, 2.05) is 20.8 Å². The summed E-state index contributed by atoms with van der Waals surface area (Å²) >= 11 is 9.34. The lowest BCUT2D eigenvalue weighted by atomic mass is 10.1. The molecule has 2 aromatic heterocycles. The molecule has 1 aromatic carbocycles. The summed E-state index contributed by atoms with van der Waals surface area (Å²) in [4.78, 5) is 29.3. The molecule has 7 nitrogen and oxygen atoms in total. The first-order chi connectivity index (χ1) is 11.7. The van der Waals surface area contributed by atoms with Gasteiger partial charge in [0.15, 0.2) is 5.65 Å². The molecule has 0 unspecified atom stereocenters. The predicted molar refractivity (Wildman–Crippen MR) is 99.6 cm³/mol. The van der Waals surface area contributed by atoms with Crippen LogP contribution in [0.25, 0.3) is 11.0 Å². The monoisotopic (exact) mass is 423 g/mol. The Morgan fingerprint density at radius 3 is 2.72 bits per heavy atom. The molecule has 0 atom stereocenters. The summed E-state index contributed by atoms with van der Waals surface area (Å²) in [6, 6.07) is 4.89. The maximum atomic E-state index is 12.6. The summed E-state index contributed by atoms with van der Waals surface area (Å²) in [5.74, 6) is -0.516. The Kier molecular flexibility index (Phi) is 4.42. The number of halogens is 2. The number of aromatic nitrogens is 4. The standard InChI is InChI=1S/C16H15BrClN5O2/c1-16(2,3)23-13-11(7-20-23)15(25)22(8-19-13)21-14(24)10-6-9(17)4-5-12(10)18/h4-8H,1-3H3,(H,21,24). The van der Waals surface area contributed by atoms with Crippen LogP contribution in [0.5, 0.6) is 0 Å². The van der Waals surface area contributed by atoms with Crippen molar-refractivity contribution in [2.75, 3.05) is 5.43 Å². The van der Waals surface area contributed by atoms with Crippen LogP contribution >= 0.6 is 27.5 Å². The minimum absolute atomic E-state index is 0.244. The average molecular weight is 425 g/mol. The molecule has 1 amide bonds. The highest BCUT2D eigenvalue weighted by atomic mass is 79.9. The van der Waals surface area contributed by atoms with Gasteiger partial charge in [-0.1, -0.05) is 27.5 Å². The molecule has 3 rings (SSSR count). The SMILES string of the molecule is CC(C)(C)n1ncc2c(=O)n(NC(=O)c3cc(Br)ccc3Cl)cnc21. The zero-order valence-electron chi connectivity index (χ0n) is 13.7. The van der Waals surface area contributed by atoms with Gasteiger partial charge < -0.3 is 0 Å². The average Bonchev–Trinajstić information content (AvgIpc) is 2.97. The highest BCUT2D eigenvalue weighted by Gasteiger charge is 2.20. The van der Waals surface area contributed by atoms with E-state index in [0.717, 1.165) is 4.68 Å². The summed E-state index contributed by atoms with van der Waals surface area (Å²) in [6.07, 6.45) is 2.71. The normalized spacial score (nSPS) is 11.7. The van der Waals surface area contributed by atoms with Crippen LogP contribution in [0.1, 0.15) is 31.1 Å². The second-order valence-corrected chi connectivity index (χ2v) is 7.77. The van der Waals surface area contributed by atoms with Crippen molar-refractivity contribution in [3.8, 4) is 0 Å². The van der Waals surface area contributed by atoms with Gasteiger partial charge in [-0.15, -0.1) is 0 Å². The van der Waals surface area contributed by atoms with Crippen LogP contribution in [0.15, 0.2) is 40.0 Å². The third kappa shape index (κ3) is 3.32. The van der Waals surface area contributed by atoms with E-state index in [2.05, 4.69) is 31.4 Å². The number of carbonyl (C=O) groups is 1. The molecule has 0 aliphatic rings. The van der Waals surface area contributed by atoms with Crippen molar-refractivity contribution in [3.05, 3.63) is 56.1 Å². The molecule has 3 aromatic rings. The Hall–Kier alpha value is -2.19. The van der Waals surface area contributed by atoms with E-state index < -0.39 is 11.5 Å².